The van der Waals surface area contributed by atoms with E-state index in [1.165, 1.54) is 0 Å². The van der Waals surface area contributed by atoms with Crippen LogP contribution < -0.4 is 43.6 Å². The molecular weight excluding hydrogens is 737 g/mol. The van der Waals surface area contributed by atoms with Gasteiger partial charge in [0.2, 0.25) is 0 Å². The molecule has 20 heteroatoms. The zero-order chi connectivity index (χ0) is 24.8. The molecule has 0 aromatic carbocycles. The molecule has 0 bridgehead atoms. The van der Waals surface area contributed by atoms with Crippen molar-refractivity contribution in [2.75, 3.05) is 33.0 Å². The summed E-state index contributed by atoms with van der Waals surface area (Å²) < 4.78 is 81.2. The van der Waals surface area contributed by atoms with Crippen molar-refractivity contribution in [3.8, 4) is 0 Å². The summed E-state index contributed by atoms with van der Waals surface area (Å²) in [7, 11) is -13.9. The van der Waals surface area contributed by atoms with Gasteiger partial charge >= 0.3 is 207 Å². The van der Waals surface area contributed by atoms with Gasteiger partial charge in [-0.3, -0.25) is 0 Å². The van der Waals surface area contributed by atoms with Crippen LogP contribution in [0.2, 0.25) is 0 Å². The fourth-order valence-electron chi connectivity index (χ4n) is 1.79. The van der Waals surface area contributed by atoms with Gasteiger partial charge in [-0.25, -0.2) is 0 Å². The van der Waals surface area contributed by atoms with Crippen LogP contribution in [-0.2, 0) is 36.3 Å². The molecule has 0 aliphatic heterocycles. The summed E-state index contributed by atoms with van der Waals surface area (Å²) in [6.45, 7) is -0.860. The Morgan fingerprint density at radius 2 is 1.34 bits per heavy atom. The van der Waals surface area contributed by atoms with E-state index >= 15 is 0 Å². The van der Waals surface area contributed by atoms with Gasteiger partial charge in [-0.05, 0) is 0 Å². The van der Waals surface area contributed by atoms with Gasteiger partial charge in [0.1, 0.15) is 0 Å². The van der Waals surface area contributed by atoms with Crippen LogP contribution in [0.4, 0.5) is 5.72 Å². The summed E-state index contributed by atoms with van der Waals surface area (Å²) in [6.07, 6.45) is -0.954. The van der Waals surface area contributed by atoms with Crippen molar-refractivity contribution in [2.45, 2.75) is 40.1 Å². The fourth-order valence-corrected chi connectivity index (χ4v) is 5.81. The third-order valence-corrected chi connectivity index (χ3v) is 9.00. The molecule has 5 N–H and O–H groups in total. The summed E-state index contributed by atoms with van der Waals surface area (Å²) >= 11 is -3.88. The molecule has 0 spiro atoms. The predicted molar refractivity (Wildman–Crippen MR) is 96.8 cm³/mol. The Morgan fingerprint density at radius 1 is 0.812 bits per heavy atom. The maximum atomic E-state index is 12.9. The van der Waals surface area contributed by atoms with Gasteiger partial charge in [0, 0.05) is 0 Å². The second-order valence-electron chi connectivity index (χ2n) is 5.94. The monoisotopic (exact) mass is 764 g/mol. The minimum absolute atomic E-state index is 0.105. The maximum absolute atomic E-state index is 12.9. The quantitative estimate of drug-likeness (QED) is 0.0453. The second-order valence-corrected chi connectivity index (χ2v) is 14.5. The van der Waals surface area contributed by atoms with Crippen molar-refractivity contribution >= 4 is 23.5 Å². The standard InChI is InChI=1S/C12H27F2I2O13P3/c1-2-12(29-32(23,24)28-9-11(7-17)16-14)4-6-26-31(21,22)25-5-3-10(15-13)8-27-30(18,19)20/h10-12,17H,2-9H2,1H3,(H,21,22)(H,23,24)(H2,18,19,20)/q-2. The second kappa shape index (κ2) is 17.1. The van der Waals surface area contributed by atoms with Crippen molar-refractivity contribution in [3.05, 3.63) is 0 Å². The number of aliphatic hydroxyl groups is 1. The van der Waals surface area contributed by atoms with Gasteiger partial charge in [-0.1, -0.05) is 0 Å². The molecule has 0 amide bonds. The first-order valence-corrected chi connectivity index (χ1v) is 17.5. The van der Waals surface area contributed by atoms with Crippen molar-refractivity contribution < 1.29 is 110 Å². The third kappa shape index (κ3) is 18.0. The number of hydrogen-bond donors (Lipinski definition) is 5. The molecule has 32 heavy (non-hydrogen) atoms. The van der Waals surface area contributed by atoms with E-state index in [0.717, 1.165) is 0 Å². The summed E-state index contributed by atoms with van der Waals surface area (Å²) in [4.78, 5) is 36.5. The molecule has 0 radical (unpaired) electrons. The topological polar surface area (TPSA) is 199 Å². The number of phosphoric acid groups is 3. The molecule has 0 aliphatic carbocycles. The molecule has 0 fully saturated rings. The first kappa shape index (κ1) is 33.6. The molecule has 0 aromatic heterocycles. The number of alkyl halides is 2. The van der Waals surface area contributed by atoms with E-state index in [9.17, 15) is 29.2 Å². The Bertz CT molecular complexity index is 654. The fraction of sp³-hybridized carbons (Fsp3) is 1.00. The molecular formula is C12H27F2I2O13P3-2. The normalized spacial score (nSPS) is 19.4. The Balaban J connectivity index is 4.37. The Labute approximate surface area is 206 Å². The van der Waals surface area contributed by atoms with Gasteiger partial charge in [-0.2, -0.15) is 0 Å². The van der Waals surface area contributed by atoms with E-state index in [2.05, 4.69) is 13.6 Å². The van der Waals surface area contributed by atoms with E-state index in [0.29, 0.717) is 0 Å². The van der Waals surface area contributed by atoms with Gasteiger partial charge < -0.3 is 0 Å². The van der Waals surface area contributed by atoms with E-state index in [1.54, 1.807) is 6.92 Å². The first-order valence-electron chi connectivity index (χ1n) is 8.85. The van der Waals surface area contributed by atoms with Crippen molar-refractivity contribution in [2.24, 2.45) is 0 Å². The number of hydrogen-bond acceptors (Lipinski definition) is 9. The van der Waals surface area contributed by atoms with Crippen LogP contribution in [0.5, 0.6) is 0 Å². The average molecular weight is 764 g/mol. The van der Waals surface area contributed by atoms with Crippen LogP contribution in [0.3, 0.4) is 0 Å². The van der Waals surface area contributed by atoms with Crippen molar-refractivity contribution in [3.63, 3.8) is 0 Å². The molecule has 0 saturated heterocycles. The summed E-state index contributed by atoms with van der Waals surface area (Å²) in [5.41, 5.74) is 0. The SMILES string of the molecule is CCC(CCOP(=O)(O)OCCC(COP(=O)(O)O)[I-]F)OP(=O)(O)OCC(CO)[I-]F. The Morgan fingerprint density at radius 3 is 1.81 bits per heavy atom. The van der Waals surface area contributed by atoms with Crippen LogP contribution >= 0.6 is 23.5 Å². The zero-order valence-electron chi connectivity index (χ0n) is 16.7. The number of aliphatic hydroxyl groups excluding tert-OH is 1. The first-order chi connectivity index (χ1) is 14.8. The number of rotatable bonds is 20. The van der Waals surface area contributed by atoms with Crippen molar-refractivity contribution in [1.29, 1.82) is 0 Å². The van der Waals surface area contributed by atoms with E-state index in [1.807, 2.05) is 0 Å². The molecule has 5 atom stereocenters. The number of halogens is 4. The van der Waals surface area contributed by atoms with Gasteiger partial charge in [0.25, 0.3) is 0 Å². The predicted octanol–water partition coefficient (Wildman–Crippen LogP) is -4.40. The molecule has 0 heterocycles. The van der Waals surface area contributed by atoms with Gasteiger partial charge in [0.15, 0.2) is 0 Å². The third-order valence-electron chi connectivity index (χ3n) is 3.39. The van der Waals surface area contributed by atoms with Crippen LogP contribution in [0.15, 0.2) is 0 Å². The van der Waals surface area contributed by atoms with E-state index < -0.39 is 114 Å². The molecule has 13 nitrogen and oxygen atoms in total. The minimum atomic E-state index is -4.76. The summed E-state index contributed by atoms with van der Waals surface area (Å²) in [6, 6.07) is 0. The van der Waals surface area contributed by atoms with Crippen LogP contribution in [0, 0.1) is 0 Å². The van der Waals surface area contributed by atoms with Gasteiger partial charge in [0.05, 0.1) is 0 Å². The van der Waals surface area contributed by atoms with E-state index in [4.69, 9.17) is 23.9 Å². The molecule has 5 unspecified atom stereocenters. The molecule has 0 aromatic rings. The van der Waals surface area contributed by atoms with Crippen LogP contribution in [-0.4, -0.2) is 71.7 Å². The van der Waals surface area contributed by atoms with Crippen LogP contribution in [0.25, 0.3) is 0 Å². The Hall–Kier alpha value is 1.61. The molecule has 198 valence electrons. The summed E-state index contributed by atoms with van der Waals surface area (Å²) in [5.74, 6) is 0. The van der Waals surface area contributed by atoms with Gasteiger partial charge in [-0.15, -0.1) is 0 Å². The summed E-state index contributed by atoms with van der Waals surface area (Å²) in [5, 5.41) is 8.87. The Kier molecular flexibility index (Phi) is 18.0. The average Bonchev–Trinajstić information content (AvgIpc) is 2.69. The number of phosphoric ester groups is 3. The molecule has 0 rings (SSSR count). The van der Waals surface area contributed by atoms with Crippen molar-refractivity contribution in [1.82, 2.24) is 0 Å². The molecule has 0 aliphatic rings. The van der Waals surface area contributed by atoms with E-state index in [-0.39, 0.29) is 19.3 Å². The van der Waals surface area contributed by atoms with Crippen LogP contribution in [0.1, 0.15) is 26.2 Å². The zero-order valence-corrected chi connectivity index (χ0v) is 23.7. The molecule has 0 saturated carbocycles.